The molecule has 4 rings (SSSR count). The molecule has 4 nitrogen and oxygen atoms in total. The Morgan fingerprint density at radius 2 is 1.42 bits per heavy atom. The van der Waals surface area contributed by atoms with Gasteiger partial charge in [0.25, 0.3) is 5.91 Å². The van der Waals surface area contributed by atoms with Crippen molar-refractivity contribution in [2.75, 3.05) is 18.5 Å². The molecule has 1 N–H and O–H groups in total. The van der Waals surface area contributed by atoms with Gasteiger partial charge in [-0.2, -0.15) is 0 Å². The first kappa shape index (κ1) is 20.5. The summed E-state index contributed by atoms with van der Waals surface area (Å²) in [6, 6.07) is 31.6. The summed E-state index contributed by atoms with van der Waals surface area (Å²) in [5, 5.41) is 5.07. The quantitative estimate of drug-likeness (QED) is 0.351. The highest BCUT2D eigenvalue weighted by atomic mass is 16.5. The van der Waals surface area contributed by atoms with Gasteiger partial charge in [0.05, 0.1) is 6.61 Å². The molecule has 0 aliphatic carbocycles. The van der Waals surface area contributed by atoms with Crippen LogP contribution in [0.5, 0.6) is 11.5 Å². The van der Waals surface area contributed by atoms with Crippen LogP contribution < -0.4 is 14.8 Å². The molecular formula is C27H25NO3. The van der Waals surface area contributed by atoms with E-state index in [4.69, 9.17) is 9.47 Å². The van der Waals surface area contributed by atoms with Gasteiger partial charge in [-0.3, -0.25) is 4.79 Å². The molecule has 0 aromatic heterocycles. The molecule has 0 spiro atoms. The number of hydrogen-bond acceptors (Lipinski definition) is 3. The van der Waals surface area contributed by atoms with E-state index in [1.165, 1.54) is 5.56 Å². The van der Waals surface area contributed by atoms with Crippen LogP contribution in [0.3, 0.4) is 0 Å². The lowest BCUT2D eigenvalue weighted by Gasteiger charge is -2.10. The highest BCUT2D eigenvalue weighted by Crippen LogP contribution is 2.21. The van der Waals surface area contributed by atoms with Gasteiger partial charge >= 0.3 is 0 Å². The maximum Gasteiger partial charge on any atom is 0.262 e. The molecule has 0 fully saturated rings. The Labute approximate surface area is 182 Å². The van der Waals surface area contributed by atoms with Crippen molar-refractivity contribution in [3.8, 4) is 11.5 Å². The Morgan fingerprint density at radius 3 is 2.23 bits per heavy atom. The van der Waals surface area contributed by atoms with Crippen molar-refractivity contribution in [1.82, 2.24) is 0 Å². The van der Waals surface area contributed by atoms with E-state index in [0.29, 0.717) is 18.0 Å². The summed E-state index contributed by atoms with van der Waals surface area (Å²) in [7, 11) is 0. The summed E-state index contributed by atoms with van der Waals surface area (Å²) in [5.41, 5.74) is 2.03. The van der Waals surface area contributed by atoms with Gasteiger partial charge in [0, 0.05) is 5.69 Å². The number of benzene rings is 4. The molecule has 0 unspecified atom stereocenters. The molecular weight excluding hydrogens is 386 g/mol. The molecule has 4 heteroatoms. The van der Waals surface area contributed by atoms with Crippen molar-refractivity contribution < 1.29 is 14.3 Å². The number of carbonyl (C=O) groups excluding carboxylic acids is 1. The Bertz CT molecular complexity index is 1120. The minimum atomic E-state index is -0.204. The fourth-order valence-electron chi connectivity index (χ4n) is 3.35. The minimum Gasteiger partial charge on any atom is -0.494 e. The van der Waals surface area contributed by atoms with E-state index >= 15 is 0 Å². The van der Waals surface area contributed by atoms with Gasteiger partial charge in [-0.1, -0.05) is 60.7 Å². The number of aryl methyl sites for hydroxylation is 1. The summed E-state index contributed by atoms with van der Waals surface area (Å²) in [4.78, 5) is 12.2. The number of rotatable bonds is 9. The van der Waals surface area contributed by atoms with Crippen LogP contribution in [0.1, 0.15) is 12.0 Å². The Kier molecular flexibility index (Phi) is 6.81. The fraction of sp³-hybridized carbons (Fsp3) is 0.148. The maximum atomic E-state index is 12.2. The molecule has 0 bridgehead atoms. The third kappa shape index (κ3) is 6.09. The van der Waals surface area contributed by atoms with Crippen LogP contribution in [0.25, 0.3) is 10.8 Å². The molecule has 0 atom stereocenters. The van der Waals surface area contributed by atoms with Crippen molar-refractivity contribution in [2.45, 2.75) is 12.8 Å². The van der Waals surface area contributed by atoms with Crippen LogP contribution in [0.15, 0.2) is 97.1 Å². The predicted molar refractivity (Wildman–Crippen MR) is 125 cm³/mol. The normalized spacial score (nSPS) is 10.6. The van der Waals surface area contributed by atoms with Gasteiger partial charge in [-0.05, 0) is 65.6 Å². The molecule has 0 aliphatic rings. The van der Waals surface area contributed by atoms with Gasteiger partial charge in [-0.15, -0.1) is 0 Å². The largest absolute Gasteiger partial charge is 0.494 e. The van der Waals surface area contributed by atoms with Crippen molar-refractivity contribution in [2.24, 2.45) is 0 Å². The third-order valence-corrected chi connectivity index (χ3v) is 4.95. The molecule has 1 amide bonds. The van der Waals surface area contributed by atoms with Gasteiger partial charge < -0.3 is 14.8 Å². The second kappa shape index (κ2) is 10.3. The molecule has 0 aliphatic heterocycles. The molecule has 0 saturated heterocycles. The topological polar surface area (TPSA) is 47.6 Å². The average Bonchev–Trinajstić information content (AvgIpc) is 2.82. The van der Waals surface area contributed by atoms with E-state index in [1.807, 2.05) is 72.8 Å². The van der Waals surface area contributed by atoms with Crippen LogP contribution in [-0.2, 0) is 11.2 Å². The van der Waals surface area contributed by atoms with Crippen LogP contribution in [0, 0.1) is 0 Å². The third-order valence-electron chi connectivity index (χ3n) is 4.95. The zero-order valence-corrected chi connectivity index (χ0v) is 17.3. The van der Waals surface area contributed by atoms with Crippen molar-refractivity contribution in [1.29, 1.82) is 0 Å². The van der Waals surface area contributed by atoms with E-state index in [1.54, 1.807) is 0 Å². The summed E-state index contributed by atoms with van der Waals surface area (Å²) < 4.78 is 11.4. The number of nitrogens with one attached hydrogen (secondary N) is 1. The molecule has 0 radical (unpaired) electrons. The molecule has 31 heavy (non-hydrogen) atoms. The van der Waals surface area contributed by atoms with E-state index < -0.39 is 0 Å². The molecule has 156 valence electrons. The smallest absolute Gasteiger partial charge is 0.262 e. The number of ether oxygens (including phenoxy) is 2. The van der Waals surface area contributed by atoms with Crippen molar-refractivity contribution >= 4 is 22.4 Å². The summed E-state index contributed by atoms with van der Waals surface area (Å²) >= 11 is 0. The lowest BCUT2D eigenvalue weighted by atomic mass is 10.1. The first-order chi connectivity index (χ1) is 15.3. The number of hydrogen-bond donors (Lipinski definition) is 1. The fourth-order valence-corrected chi connectivity index (χ4v) is 3.35. The van der Waals surface area contributed by atoms with Crippen LogP contribution in [0.2, 0.25) is 0 Å². The first-order valence-corrected chi connectivity index (χ1v) is 10.4. The summed E-state index contributed by atoms with van der Waals surface area (Å²) in [6.07, 6.45) is 1.95. The van der Waals surface area contributed by atoms with E-state index in [9.17, 15) is 4.79 Å². The number of amides is 1. The van der Waals surface area contributed by atoms with Gasteiger partial charge in [0.15, 0.2) is 6.61 Å². The summed E-state index contributed by atoms with van der Waals surface area (Å²) in [5.74, 6) is 1.26. The monoisotopic (exact) mass is 411 g/mol. The zero-order valence-electron chi connectivity index (χ0n) is 17.3. The van der Waals surface area contributed by atoms with Gasteiger partial charge in [0.2, 0.25) is 0 Å². The highest BCUT2D eigenvalue weighted by Gasteiger charge is 2.05. The van der Waals surface area contributed by atoms with Crippen LogP contribution >= 0.6 is 0 Å². The molecule has 4 aromatic rings. The van der Waals surface area contributed by atoms with Crippen LogP contribution in [-0.4, -0.2) is 19.1 Å². The lowest BCUT2D eigenvalue weighted by molar-refractivity contribution is -0.118. The van der Waals surface area contributed by atoms with Gasteiger partial charge in [-0.25, -0.2) is 0 Å². The standard InChI is InChI=1S/C27H25NO3/c29-27(20-31-26-15-12-22-10-4-5-11-23(22)19-26)28-24-13-16-25(17-14-24)30-18-6-9-21-7-2-1-3-8-21/h1-5,7-8,10-17,19H,6,9,18,20H2,(H,28,29). The average molecular weight is 412 g/mol. The van der Waals surface area contributed by atoms with Crippen molar-refractivity contribution in [3.63, 3.8) is 0 Å². The SMILES string of the molecule is O=C(COc1ccc2ccccc2c1)Nc1ccc(OCCCc2ccccc2)cc1. The lowest BCUT2D eigenvalue weighted by Crippen LogP contribution is -2.20. The predicted octanol–water partition coefficient (Wildman–Crippen LogP) is 5.87. The van der Waals surface area contributed by atoms with E-state index in [-0.39, 0.29) is 12.5 Å². The minimum absolute atomic E-state index is 0.0456. The molecule has 0 heterocycles. The Morgan fingerprint density at radius 1 is 0.710 bits per heavy atom. The second-order valence-electron chi connectivity index (χ2n) is 7.31. The van der Waals surface area contributed by atoms with E-state index in [2.05, 4.69) is 29.6 Å². The Hall–Kier alpha value is -3.79. The maximum absolute atomic E-state index is 12.2. The number of anilines is 1. The van der Waals surface area contributed by atoms with E-state index in [0.717, 1.165) is 29.4 Å². The zero-order chi connectivity index (χ0) is 21.3. The van der Waals surface area contributed by atoms with Crippen molar-refractivity contribution in [3.05, 3.63) is 103 Å². The molecule has 0 saturated carbocycles. The summed E-state index contributed by atoms with van der Waals surface area (Å²) in [6.45, 7) is 0.607. The van der Waals surface area contributed by atoms with Gasteiger partial charge in [0.1, 0.15) is 11.5 Å². The second-order valence-corrected chi connectivity index (χ2v) is 7.31. The number of fused-ring (bicyclic) bond motifs is 1. The number of carbonyl (C=O) groups is 1. The highest BCUT2D eigenvalue weighted by molar-refractivity contribution is 5.92. The molecule has 4 aromatic carbocycles. The first-order valence-electron chi connectivity index (χ1n) is 10.4. The van der Waals surface area contributed by atoms with Crippen LogP contribution in [0.4, 0.5) is 5.69 Å². The Balaban J connectivity index is 1.20.